The van der Waals surface area contributed by atoms with E-state index in [0.29, 0.717) is 38.5 Å². The molecule has 0 bridgehead atoms. The van der Waals surface area contributed by atoms with Gasteiger partial charge in [0.1, 0.15) is 6.04 Å². The molecule has 1 saturated carbocycles. The van der Waals surface area contributed by atoms with Crippen molar-refractivity contribution in [1.29, 1.82) is 0 Å². The topological polar surface area (TPSA) is 44.4 Å². The Balaban J connectivity index is 1.80. The lowest BCUT2D eigenvalue weighted by Crippen LogP contribution is -2.57. The lowest BCUT2D eigenvalue weighted by Gasteiger charge is -2.36. The second-order valence-corrected chi connectivity index (χ2v) is 6.36. The maximum atomic E-state index is 13.2. The van der Waals surface area contributed by atoms with E-state index in [-0.39, 0.29) is 12.5 Å². The molecule has 1 amide bonds. The SMILES string of the molecule is O=C(CC1CCCCC1)NCC(N1CCNCC1)C(F)(F)F. The Morgan fingerprint density at radius 2 is 1.82 bits per heavy atom. The van der Waals surface area contributed by atoms with E-state index in [0.717, 1.165) is 25.7 Å². The van der Waals surface area contributed by atoms with Crippen molar-refractivity contribution in [2.75, 3.05) is 32.7 Å². The van der Waals surface area contributed by atoms with Gasteiger partial charge < -0.3 is 10.6 Å². The zero-order valence-corrected chi connectivity index (χ0v) is 12.9. The van der Waals surface area contributed by atoms with Gasteiger partial charge in [-0.2, -0.15) is 13.2 Å². The Hall–Kier alpha value is -0.820. The molecule has 1 unspecified atom stereocenters. The van der Waals surface area contributed by atoms with Crippen LogP contribution in [0.25, 0.3) is 0 Å². The average molecular weight is 321 g/mol. The van der Waals surface area contributed by atoms with E-state index < -0.39 is 12.2 Å². The van der Waals surface area contributed by atoms with Gasteiger partial charge in [0.15, 0.2) is 0 Å². The molecule has 7 heteroatoms. The van der Waals surface area contributed by atoms with Crippen LogP contribution < -0.4 is 10.6 Å². The summed E-state index contributed by atoms with van der Waals surface area (Å²) in [5.41, 5.74) is 0. The molecule has 1 heterocycles. The molecule has 0 spiro atoms. The predicted octanol–water partition coefficient (Wildman–Crippen LogP) is 1.91. The number of nitrogens with zero attached hydrogens (tertiary/aromatic N) is 1. The lowest BCUT2D eigenvalue weighted by atomic mass is 9.87. The summed E-state index contributed by atoms with van der Waals surface area (Å²) in [5.74, 6) is 0.105. The van der Waals surface area contributed by atoms with Gasteiger partial charge in [-0.1, -0.05) is 19.3 Å². The standard InChI is InChI=1S/C15H26F3N3O/c16-15(17,18)13(21-8-6-19-7-9-21)11-20-14(22)10-12-4-2-1-3-5-12/h12-13,19H,1-11H2,(H,20,22). The van der Waals surface area contributed by atoms with Crippen molar-refractivity contribution in [2.24, 2.45) is 5.92 Å². The van der Waals surface area contributed by atoms with Crippen LogP contribution in [0.1, 0.15) is 38.5 Å². The Morgan fingerprint density at radius 3 is 2.41 bits per heavy atom. The summed E-state index contributed by atoms with van der Waals surface area (Å²) in [4.78, 5) is 13.3. The Labute approximate surface area is 129 Å². The molecule has 2 aliphatic rings. The molecule has 1 aliphatic heterocycles. The number of nitrogens with one attached hydrogen (secondary N) is 2. The second kappa shape index (κ2) is 8.15. The first-order valence-electron chi connectivity index (χ1n) is 8.25. The minimum atomic E-state index is -4.31. The van der Waals surface area contributed by atoms with Crippen molar-refractivity contribution in [3.8, 4) is 0 Å². The molecular formula is C15H26F3N3O. The van der Waals surface area contributed by atoms with Crippen LogP contribution in [0.2, 0.25) is 0 Å². The van der Waals surface area contributed by atoms with Gasteiger partial charge in [0.05, 0.1) is 0 Å². The van der Waals surface area contributed by atoms with E-state index in [1.807, 2.05) is 0 Å². The second-order valence-electron chi connectivity index (χ2n) is 6.36. The van der Waals surface area contributed by atoms with Gasteiger partial charge in [-0.25, -0.2) is 0 Å². The number of halogens is 3. The summed E-state index contributed by atoms with van der Waals surface area (Å²) in [6.07, 6.45) is 1.56. The number of rotatable bonds is 5. The number of piperazine rings is 1. The highest BCUT2D eigenvalue weighted by atomic mass is 19.4. The molecular weight excluding hydrogens is 295 g/mol. The maximum Gasteiger partial charge on any atom is 0.405 e. The number of hydrogen-bond donors (Lipinski definition) is 2. The van der Waals surface area contributed by atoms with E-state index in [1.165, 1.54) is 11.3 Å². The fourth-order valence-electron chi connectivity index (χ4n) is 3.38. The molecule has 4 nitrogen and oxygen atoms in total. The molecule has 0 radical (unpaired) electrons. The van der Waals surface area contributed by atoms with Crippen LogP contribution in [0.4, 0.5) is 13.2 Å². The number of alkyl halides is 3. The van der Waals surface area contributed by atoms with E-state index >= 15 is 0 Å². The van der Waals surface area contributed by atoms with Crippen LogP contribution in [-0.2, 0) is 4.79 Å². The quantitative estimate of drug-likeness (QED) is 0.813. The van der Waals surface area contributed by atoms with Gasteiger partial charge >= 0.3 is 6.18 Å². The fraction of sp³-hybridized carbons (Fsp3) is 0.933. The summed E-state index contributed by atoms with van der Waals surface area (Å²) in [5, 5.41) is 5.56. The van der Waals surface area contributed by atoms with Crippen molar-refractivity contribution in [3.63, 3.8) is 0 Å². The number of carbonyl (C=O) groups excluding carboxylic acids is 1. The lowest BCUT2D eigenvalue weighted by molar-refractivity contribution is -0.184. The predicted molar refractivity (Wildman–Crippen MR) is 78.5 cm³/mol. The fourth-order valence-corrected chi connectivity index (χ4v) is 3.38. The van der Waals surface area contributed by atoms with Crippen LogP contribution in [0.15, 0.2) is 0 Å². The molecule has 1 aliphatic carbocycles. The summed E-state index contributed by atoms with van der Waals surface area (Å²) < 4.78 is 39.6. The van der Waals surface area contributed by atoms with Gasteiger partial charge in [-0.3, -0.25) is 9.69 Å². The van der Waals surface area contributed by atoms with E-state index in [1.54, 1.807) is 0 Å². The molecule has 2 rings (SSSR count). The third-order valence-corrected chi connectivity index (χ3v) is 4.66. The monoisotopic (exact) mass is 321 g/mol. The van der Waals surface area contributed by atoms with Crippen LogP contribution in [0.3, 0.4) is 0 Å². The zero-order valence-electron chi connectivity index (χ0n) is 12.9. The molecule has 2 N–H and O–H groups in total. The van der Waals surface area contributed by atoms with Crippen molar-refractivity contribution >= 4 is 5.91 Å². The molecule has 2 fully saturated rings. The van der Waals surface area contributed by atoms with Crippen molar-refractivity contribution in [2.45, 2.75) is 50.7 Å². The van der Waals surface area contributed by atoms with Crippen LogP contribution in [0, 0.1) is 5.92 Å². The molecule has 1 saturated heterocycles. The first kappa shape index (κ1) is 17.5. The highest BCUT2D eigenvalue weighted by Crippen LogP contribution is 2.27. The van der Waals surface area contributed by atoms with E-state index in [4.69, 9.17) is 0 Å². The normalized spacial score (nSPS) is 23.2. The Kier molecular flexibility index (Phi) is 6.50. The van der Waals surface area contributed by atoms with Crippen LogP contribution in [-0.4, -0.2) is 55.7 Å². The molecule has 0 aromatic carbocycles. The molecule has 22 heavy (non-hydrogen) atoms. The van der Waals surface area contributed by atoms with Crippen molar-refractivity contribution < 1.29 is 18.0 Å². The summed E-state index contributed by atoms with van der Waals surface area (Å²) in [6, 6.07) is -1.58. The summed E-state index contributed by atoms with van der Waals surface area (Å²) >= 11 is 0. The van der Waals surface area contributed by atoms with Gasteiger partial charge in [0.2, 0.25) is 5.91 Å². The largest absolute Gasteiger partial charge is 0.405 e. The van der Waals surface area contributed by atoms with Crippen LogP contribution >= 0.6 is 0 Å². The molecule has 0 aromatic rings. The van der Waals surface area contributed by atoms with Crippen molar-refractivity contribution in [3.05, 3.63) is 0 Å². The van der Waals surface area contributed by atoms with Crippen molar-refractivity contribution in [1.82, 2.24) is 15.5 Å². The molecule has 128 valence electrons. The summed E-state index contributed by atoms with van der Waals surface area (Å²) in [6.45, 7) is 1.51. The average Bonchev–Trinajstić information content (AvgIpc) is 2.48. The van der Waals surface area contributed by atoms with Gasteiger partial charge in [0.25, 0.3) is 0 Å². The first-order chi connectivity index (χ1) is 10.5. The Bertz CT molecular complexity index is 350. The minimum absolute atomic E-state index is 0.240. The third kappa shape index (κ3) is 5.43. The van der Waals surface area contributed by atoms with E-state index in [2.05, 4.69) is 10.6 Å². The smallest absolute Gasteiger partial charge is 0.354 e. The van der Waals surface area contributed by atoms with Gasteiger partial charge in [-0.15, -0.1) is 0 Å². The maximum absolute atomic E-state index is 13.2. The zero-order chi connectivity index (χ0) is 16.0. The first-order valence-corrected chi connectivity index (χ1v) is 8.25. The number of carbonyl (C=O) groups is 1. The number of hydrogen-bond acceptors (Lipinski definition) is 3. The van der Waals surface area contributed by atoms with Gasteiger partial charge in [-0.05, 0) is 18.8 Å². The third-order valence-electron chi connectivity index (χ3n) is 4.66. The number of amides is 1. The van der Waals surface area contributed by atoms with Gasteiger partial charge in [0, 0.05) is 39.1 Å². The summed E-state index contributed by atoms with van der Waals surface area (Å²) in [7, 11) is 0. The molecule has 1 atom stereocenters. The highest BCUT2D eigenvalue weighted by Gasteiger charge is 2.43. The van der Waals surface area contributed by atoms with E-state index in [9.17, 15) is 18.0 Å². The Morgan fingerprint density at radius 1 is 1.18 bits per heavy atom. The van der Waals surface area contributed by atoms with Crippen LogP contribution in [0.5, 0.6) is 0 Å². The molecule has 0 aromatic heterocycles. The highest BCUT2D eigenvalue weighted by molar-refractivity contribution is 5.76. The minimum Gasteiger partial charge on any atom is -0.354 e.